The van der Waals surface area contributed by atoms with E-state index < -0.39 is 5.56 Å². The average Bonchev–Trinajstić information content (AvgIpc) is 3.28. The largest absolute Gasteiger partial charge is 0.444 e. The number of amides is 1. The van der Waals surface area contributed by atoms with Crippen LogP contribution >= 0.6 is 11.8 Å². The fourth-order valence-electron chi connectivity index (χ4n) is 3.29. The van der Waals surface area contributed by atoms with Crippen molar-refractivity contribution < 1.29 is 9.21 Å². The Kier molecular flexibility index (Phi) is 5.12. The molecular weight excluding hydrogens is 406 g/mol. The van der Waals surface area contributed by atoms with Gasteiger partial charge in [-0.1, -0.05) is 29.5 Å². The summed E-state index contributed by atoms with van der Waals surface area (Å²) in [5.74, 6) is 0.311. The van der Waals surface area contributed by atoms with Crippen molar-refractivity contribution in [2.24, 2.45) is 0 Å². The van der Waals surface area contributed by atoms with Crippen molar-refractivity contribution in [2.45, 2.75) is 32.9 Å². The van der Waals surface area contributed by atoms with Gasteiger partial charge in [-0.15, -0.1) is 5.10 Å². The molecule has 154 valence electrons. The topological polar surface area (TPSA) is 132 Å². The lowest BCUT2D eigenvalue weighted by Gasteiger charge is -2.08. The minimum absolute atomic E-state index is 0.0362. The number of fused-ring (bicyclic) bond motifs is 1. The minimum Gasteiger partial charge on any atom is -0.444 e. The molecule has 0 saturated heterocycles. The second-order valence-electron chi connectivity index (χ2n) is 6.88. The van der Waals surface area contributed by atoms with Gasteiger partial charge in [0, 0.05) is 0 Å². The zero-order valence-electron chi connectivity index (χ0n) is 16.8. The van der Waals surface area contributed by atoms with Crippen LogP contribution in [0.25, 0.3) is 16.5 Å². The number of anilines is 1. The Bertz CT molecular complexity index is 1320. The van der Waals surface area contributed by atoms with E-state index in [0.717, 1.165) is 16.8 Å². The molecule has 0 bridgehead atoms. The number of carbonyl (C=O) groups is 1. The number of nitrogens with zero attached hydrogens (tertiary/aromatic N) is 5. The quantitative estimate of drug-likeness (QED) is 0.466. The molecule has 0 radical (unpaired) electrons. The van der Waals surface area contributed by atoms with Crippen LogP contribution in [0.1, 0.15) is 22.6 Å². The van der Waals surface area contributed by atoms with Gasteiger partial charge < -0.3 is 4.42 Å². The van der Waals surface area contributed by atoms with E-state index >= 15 is 0 Å². The van der Waals surface area contributed by atoms with Crippen molar-refractivity contribution in [2.75, 3.05) is 11.1 Å². The third-order valence-corrected chi connectivity index (χ3v) is 5.52. The van der Waals surface area contributed by atoms with E-state index in [0.29, 0.717) is 22.0 Å². The lowest BCUT2D eigenvalue weighted by atomic mass is 10.1. The fraction of sp³-hybridized carbons (Fsp3) is 0.263. The molecule has 3 aromatic heterocycles. The summed E-state index contributed by atoms with van der Waals surface area (Å²) in [6, 6.07) is 5.95. The van der Waals surface area contributed by atoms with Crippen LogP contribution in [0.4, 0.5) is 5.88 Å². The molecule has 4 rings (SSSR count). The molecule has 30 heavy (non-hydrogen) atoms. The molecular formula is C19H19N7O3S. The van der Waals surface area contributed by atoms with E-state index in [-0.39, 0.29) is 22.9 Å². The van der Waals surface area contributed by atoms with E-state index in [1.165, 1.54) is 11.8 Å². The molecule has 0 aliphatic rings. The molecule has 3 heterocycles. The van der Waals surface area contributed by atoms with Crippen molar-refractivity contribution in [3.8, 4) is 5.69 Å². The molecule has 0 aliphatic heterocycles. The average molecular weight is 425 g/mol. The maximum atomic E-state index is 12.5. The number of rotatable bonds is 5. The molecule has 0 spiro atoms. The summed E-state index contributed by atoms with van der Waals surface area (Å²) in [4.78, 5) is 24.7. The molecule has 10 nitrogen and oxygen atoms in total. The second kappa shape index (κ2) is 7.75. The van der Waals surface area contributed by atoms with Gasteiger partial charge in [0.25, 0.3) is 5.56 Å². The number of thioether (sulfide) groups is 1. The van der Waals surface area contributed by atoms with Gasteiger partial charge in [0.1, 0.15) is 11.1 Å². The van der Waals surface area contributed by atoms with Crippen LogP contribution in [0.2, 0.25) is 0 Å². The number of aromatic nitrogens is 6. The van der Waals surface area contributed by atoms with Crippen LogP contribution in [0, 0.1) is 27.7 Å². The Morgan fingerprint density at radius 2 is 2.03 bits per heavy atom. The normalized spacial score (nSPS) is 11.2. The Morgan fingerprint density at radius 1 is 1.23 bits per heavy atom. The van der Waals surface area contributed by atoms with Crippen LogP contribution < -0.4 is 10.9 Å². The summed E-state index contributed by atoms with van der Waals surface area (Å²) in [7, 11) is 0. The summed E-state index contributed by atoms with van der Waals surface area (Å²) >= 11 is 1.18. The number of carbonyl (C=O) groups excluding carboxylic acids is 1. The lowest BCUT2D eigenvalue weighted by Crippen LogP contribution is -2.17. The van der Waals surface area contributed by atoms with Gasteiger partial charge in [0.05, 0.1) is 22.5 Å². The third kappa shape index (κ3) is 3.59. The molecule has 0 fully saturated rings. The predicted molar refractivity (Wildman–Crippen MR) is 112 cm³/mol. The highest BCUT2D eigenvalue weighted by atomic mass is 32.2. The van der Waals surface area contributed by atoms with E-state index in [1.54, 1.807) is 18.5 Å². The smallest absolute Gasteiger partial charge is 0.277 e. The highest BCUT2D eigenvalue weighted by Crippen LogP contribution is 2.28. The SMILES string of the molecule is Cc1ccc(-n2nnnc2SCC(=O)Nc2oc(C)c3c(C)n[nH]c(=O)c23)c(C)c1. The number of benzene rings is 1. The number of hydrogen-bond acceptors (Lipinski definition) is 8. The first-order valence-electron chi connectivity index (χ1n) is 9.12. The summed E-state index contributed by atoms with van der Waals surface area (Å²) in [6.45, 7) is 7.47. The number of furan rings is 1. The highest BCUT2D eigenvalue weighted by molar-refractivity contribution is 7.99. The lowest BCUT2D eigenvalue weighted by molar-refractivity contribution is -0.113. The number of nitrogens with one attached hydrogen (secondary N) is 2. The first kappa shape index (κ1) is 19.8. The fourth-order valence-corrected chi connectivity index (χ4v) is 3.97. The molecule has 11 heteroatoms. The maximum Gasteiger partial charge on any atom is 0.277 e. The van der Waals surface area contributed by atoms with E-state index in [2.05, 4.69) is 31.0 Å². The Balaban J connectivity index is 1.52. The monoisotopic (exact) mass is 425 g/mol. The third-order valence-electron chi connectivity index (χ3n) is 4.60. The van der Waals surface area contributed by atoms with Crippen LogP contribution in [0.5, 0.6) is 0 Å². The van der Waals surface area contributed by atoms with Crippen LogP contribution in [-0.4, -0.2) is 42.1 Å². The molecule has 0 aliphatic carbocycles. The molecule has 4 aromatic rings. The molecule has 2 N–H and O–H groups in total. The van der Waals surface area contributed by atoms with Gasteiger partial charge in [-0.25, -0.2) is 5.10 Å². The van der Waals surface area contributed by atoms with E-state index in [4.69, 9.17) is 4.42 Å². The number of tetrazole rings is 1. The minimum atomic E-state index is -0.422. The van der Waals surface area contributed by atoms with Crippen molar-refractivity contribution in [3.05, 3.63) is 51.1 Å². The Morgan fingerprint density at radius 3 is 2.80 bits per heavy atom. The van der Waals surface area contributed by atoms with Crippen molar-refractivity contribution in [3.63, 3.8) is 0 Å². The molecule has 0 atom stereocenters. The zero-order chi connectivity index (χ0) is 21.4. The summed E-state index contributed by atoms with van der Waals surface area (Å²) in [6.07, 6.45) is 0. The second-order valence-corrected chi connectivity index (χ2v) is 7.82. The molecule has 0 saturated carbocycles. The summed E-state index contributed by atoms with van der Waals surface area (Å²) < 4.78 is 7.20. The van der Waals surface area contributed by atoms with Crippen LogP contribution in [-0.2, 0) is 4.79 Å². The maximum absolute atomic E-state index is 12.5. The van der Waals surface area contributed by atoms with Gasteiger partial charge in [0.2, 0.25) is 16.9 Å². The standard InChI is InChI=1S/C19H19N7O3S/c1-9-5-6-13(10(2)7-9)26-19(23-24-25-26)30-8-14(27)20-18-16-15(12(4)29-18)11(3)21-22-17(16)28/h5-7H,8H2,1-4H3,(H,20,27)(H,22,28). The van der Waals surface area contributed by atoms with Gasteiger partial charge in [0.15, 0.2) is 0 Å². The summed E-state index contributed by atoms with van der Waals surface area (Å²) in [5, 5.41) is 22.1. The number of H-pyrrole nitrogens is 1. The number of hydrogen-bond donors (Lipinski definition) is 2. The van der Waals surface area contributed by atoms with Crippen molar-refractivity contribution in [1.29, 1.82) is 0 Å². The zero-order valence-corrected chi connectivity index (χ0v) is 17.6. The molecule has 0 unspecified atom stereocenters. The predicted octanol–water partition coefficient (Wildman–Crippen LogP) is 2.46. The van der Waals surface area contributed by atoms with Crippen LogP contribution in [0.15, 0.2) is 32.6 Å². The van der Waals surface area contributed by atoms with Crippen molar-refractivity contribution >= 4 is 34.3 Å². The Labute approximate surface area is 175 Å². The molecule has 1 amide bonds. The number of aryl methyl sites for hydroxylation is 4. The van der Waals surface area contributed by atoms with Gasteiger partial charge in [-0.2, -0.15) is 9.78 Å². The first-order valence-corrected chi connectivity index (χ1v) is 10.1. The highest BCUT2D eigenvalue weighted by Gasteiger charge is 2.19. The number of aromatic amines is 1. The Hall–Kier alpha value is -3.47. The van der Waals surface area contributed by atoms with Gasteiger partial charge in [-0.3, -0.25) is 14.9 Å². The summed E-state index contributed by atoms with van der Waals surface area (Å²) in [5.41, 5.74) is 3.20. The van der Waals surface area contributed by atoms with Crippen molar-refractivity contribution in [1.82, 2.24) is 30.4 Å². The van der Waals surface area contributed by atoms with Crippen LogP contribution in [0.3, 0.4) is 0 Å². The van der Waals surface area contributed by atoms with E-state index in [1.807, 2.05) is 32.0 Å². The molecule has 1 aromatic carbocycles. The van der Waals surface area contributed by atoms with Gasteiger partial charge in [-0.05, 0) is 49.8 Å². The van der Waals surface area contributed by atoms with E-state index in [9.17, 15) is 9.59 Å². The first-order chi connectivity index (χ1) is 14.3. The van der Waals surface area contributed by atoms with Gasteiger partial charge >= 0.3 is 0 Å².